The van der Waals surface area contributed by atoms with Crippen LogP contribution in [0.2, 0.25) is 0 Å². The Bertz CT molecular complexity index is 313. The highest BCUT2D eigenvalue weighted by molar-refractivity contribution is 14.1. The molecule has 1 N–H and O–H groups in total. The number of hydrogen-bond acceptors (Lipinski definition) is 2. The molecule has 1 fully saturated rings. The summed E-state index contributed by atoms with van der Waals surface area (Å²) in [5, 5.41) is 9.56. The molecule has 0 unspecified atom stereocenters. The molecule has 2 rings (SSSR count). The Morgan fingerprint density at radius 3 is 2.43 bits per heavy atom. The number of halogens is 1. The van der Waals surface area contributed by atoms with Gasteiger partial charge in [-0.25, -0.2) is 0 Å². The van der Waals surface area contributed by atoms with E-state index in [1.807, 2.05) is 6.92 Å². The van der Waals surface area contributed by atoms with Crippen LogP contribution in [0.5, 0.6) is 0 Å². The number of hydrogen-bond donors (Lipinski definition) is 1. The molecule has 0 amide bonds. The van der Waals surface area contributed by atoms with Gasteiger partial charge in [-0.15, -0.1) is 0 Å². The Morgan fingerprint density at radius 2 is 1.93 bits per heavy atom. The normalized spacial score (nSPS) is 20.5. The fraction of sp³-hybridized carbons (Fsp3) is 0.455. The third kappa shape index (κ3) is 2.46. The summed E-state index contributed by atoms with van der Waals surface area (Å²) in [7, 11) is 0. The average molecular weight is 303 g/mol. The van der Waals surface area contributed by atoms with Crippen LogP contribution in [0.3, 0.4) is 0 Å². The van der Waals surface area contributed by atoms with Crippen molar-refractivity contribution in [3.63, 3.8) is 0 Å². The van der Waals surface area contributed by atoms with Crippen LogP contribution in [-0.2, 0) is 6.54 Å². The first-order valence-corrected chi connectivity index (χ1v) is 5.82. The topological polar surface area (TPSA) is 23.5 Å². The van der Waals surface area contributed by atoms with Crippen LogP contribution in [0, 0.1) is 3.57 Å². The molecule has 1 aromatic carbocycles. The van der Waals surface area contributed by atoms with E-state index in [2.05, 4.69) is 51.8 Å². The second-order valence-corrected chi connectivity index (χ2v) is 5.51. The summed E-state index contributed by atoms with van der Waals surface area (Å²) in [6.07, 6.45) is 0. The van der Waals surface area contributed by atoms with Crippen molar-refractivity contribution in [3.05, 3.63) is 33.4 Å². The summed E-state index contributed by atoms with van der Waals surface area (Å²) in [6, 6.07) is 8.53. The molecule has 0 aromatic heterocycles. The lowest BCUT2D eigenvalue weighted by atomic mass is 9.96. The van der Waals surface area contributed by atoms with E-state index in [9.17, 15) is 5.11 Å². The van der Waals surface area contributed by atoms with Crippen molar-refractivity contribution in [2.45, 2.75) is 19.1 Å². The zero-order valence-corrected chi connectivity index (χ0v) is 10.4. The van der Waals surface area contributed by atoms with E-state index in [0.717, 1.165) is 19.6 Å². The monoisotopic (exact) mass is 303 g/mol. The van der Waals surface area contributed by atoms with Crippen molar-refractivity contribution in [2.75, 3.05) is 13.1 Å². The zero-order valence-electron chi connectivity index (χ0n) is 8.20. The maximum atomic E-state index is 9.56. The number of aliphatic hydroxyl groups is 1. The molecule has 1 aliphatic heterocycles. The lowest BCUT2D eigenvalue weighted by molar-refractivity contribution is -0.0871. The maximum absolute atomic E-state index is 9.56. The van der Waals surface area contributed by atoms with E-state index in [1.54, 1.807) is 0 Å². The van der Waals surface area contributed by atoms with Gasteiger partial charge in [-0.2, -0.15) is 0 Å². The molecule has 2 nitrogen and oxygen atoms in total. The molecule has 0 aliphatic carbocycles. The highest BCUT2D eigenvalue weighted by Crippen LogP contribution is 2.22. The Morgan fingerprint density at radius 1 is 1.36 bits per heavy atom. The van der Waals surface area contributed by atoms with Crippen LogP contribution in [0.25, 0.3) is 0 Å². The van der Waals surface area contributed by atoms with Gasteiger partial charge in [0.15, 0.2) is 0 Å². The van der Waals surface area contributed by atoms with Crippen LogP contribution in [0.15, 0.2) is 24.3 Å². The SMILES string of the molecule is CC1(O)CN(Cc2ccc(I)cc2)C1. The van der Waals surface area contributed by atoms with Gasteiger partial charge in [0.05, 0.1) is 5.60 Å². The number of rotatable bonds is 2. The second-order valence-electron chi connectivity index (χ2n) is 4.27. The summed E-state index contributed by atoms with van der Waals surface area (Å²) in [5.41, 5.74) is 0.865. The van der Waals surface area contributed by atoms with Gasteiger partial charge in [0.1, 0.15) is 0 Å². The Kier molecular flexibility index (Phi) is 2.81. The van der Waals surface area contributed by atoms with Crippen molar-refractivity contribution >= 4 is 22.6 Å². The van der Waals surface area contributed by atoms with Gasteiger partial charge < -0.3 is 5.11 Å². The minimum Gasteiger partial charge on any atom is -0.388 e. The van der Waals surface area contributed by atoms with Gasteiger partial charge in [-0.3, -0.25) is 4.90 Å². The molecule has 3 heteroatoms. The van der Waals surface area contributed by atoms with Crippen LogP contribution >= 0.6 is 22.6 Å². The van der Waals surface area contributed by atoms with Gasteiger partial charge in [0.25, 0.3) is 0 Å². The fourth-order valence-electron chi connectivity index (χ4n) is 1.88. The van der Waals surface area contributed by atoms with Gasteiger partial charge in [0.2, 0.25) is 0 Å². The molecule has 0 spiro atoms. The van der Waals surface area contributed by atoms with Crippen LogP contribution in [0.1, 0.15) is 12.5 Å². The quantitative estimate of drug-likeness (QED) is 0.843. The Labute approximate surface area is 98.1 Å². The molecule has 0 bridgehead atoms. The van der Waals surface area contributed by atoms with Gasteiger partial charge >= 0.3 is 0 Å². The fourth-order valence-corrected chi connectivity index (χ4v) is 2.24. The third-order valence-corrected chi connectivity index (χ3v) is 3.17. The first-order valence-electron chi connectivity index (χ1n) is 4.74. The summed E-state index contributed by atoms with van der Waals surface area (Å²) in [4.78, 5) is 2.25. The van der Waals surface area contributed by atoms with Gasteiger partial charge in [0, 0.05) is 23.2 Å². The summed E-state index contributed by atoms with van der Waals surface area (Å²) in [6.45, 7) is 4.42. The summed E-state index contributed by atoms with van der Waals surface area (Å²) < 4.78 is 1.27. The highest BCUT2D eigenvalue weighted by atomic mass is 127. The molecule has 1 saturated heterocycles. The third-order valence-electron chi connectivity index (χ3n) is 2.45. The van der Waals surface area contributed by atoms with Crippen molar-refractivity contribution in [3.8, 4) is 0 Å². The molecular formula is C11H14INO. The molecule has 0 saturated carbocycles. The minimum atomic E-state index is -0.455. The summed E-state index contributed by atoms with van der Waals surface area (Å²) >= 11 is 2.31. The molecule has 1 heterocycles. The van der Waals surface area contributed by atoms with Crippen LogP contribution in [-0.4, -0.2) is 28.7 Å². The predicted molar refractivity (Wildman–Crippen MR) is 65.1 cm³/mol. The van der Waals surface area contributed by atoms with E-state index in [-0.39, 0.29) is 0 Å². The van der Waals surface area contributed by atoms with E-state index in [0.29, 0.717) is 0 Å². The van der Waals surface area contributed by atoms with Crippen LogP contribution in [0.4, 0.5) is 0 Å². The zero-order chi connectivity index (χ0) is 10.2. The Balaban J connectivity index is 1.90. The number of likely N-dealkylation sites (tertiary alicyclic amines) is 1. The van der Waals surface area contributed by atoms with Crippen molar-refractivity contribution in [1.82, 2.24) is 4.90 Å². The van der Waals surface area contributed by atoms with Crippen LogP contribution < -0.4 is 0 Å². The lowest BCUT2D eigenvalue weighted by Gasteiger charge is -2.44. The smallest absolute Gasteiger partial charge is 0.0872 e. The van der Waals surface area contributed by atoms with E-state index in [1.165, 1.54) is 9.13 Å². The molecular weight excluding hydrogens is 289 g/mol. The molecule has 1 aromatic rings. The molecule has 76 valence electrons. The van der Waals surface area contributed by atoms with E-state index >= 15 is 0 Å². The molecule has 1 aliphatic rings. The minimum absolute atomic E-state index is 0.455. The van der Waals surface area contributed by atoms with Crippen molar-refractivity contribution < 1.29 is 5.11 Å². The maximum Gasteiger partial charge on any atom is 0.0872 e. The highest BCUT2D eigenvalue weighted by Gasteiger charge is 2.35. The lowest BCUT2D eigenvalue weighted by Crippen LogP contribution is -2.59. The van der Waals surface area contributed by atoms with Gasteiger partial charge in [-0.1, -0.05) is 12.1 Å². The number of nitrogens with zero attached hydrogens (tertiary/aromatic N) is 1. The number of benzene rings is 1. The number of β-amino-alcohol motifs (C(OH)–C–C–N with tert-alkyl or cyclic N) is 1. The largest absolute Gasteiger partial charge is 0.388 e. The standard InChI is InChI=1S/C11H14INO/c1-11(14)7-13(8-11)6-9-2-4-10(12)5-3-9/h2-5,14H,6-8H2,1H3. The van der Waals surface area contributed by atoms with Gasteiger partial charge in [-0.05, 0) is 47.2 Å². The molecule has 0 atom stereocenters. The van der Waals surface area contributed by atoms with Crippen molar-refractivity contribution in [1.29, 1.82) is 0 Å². The molecule has 0 radical (unpaired) electrons. The first kappa shape index (κ1) is 10.4. The van der Waals surface area contributed by atoms with Crippen molar-refractivity contribution in [2.24, 2.45) is 0 Å². The predicted octanol–water partition coefficient (Wildman–Crippen LogP) is 1.86. The molecule has 14 heavy (non-hydrogen) atoms. The summed E-state index contributed by atoms with van der Waals surface area (Å²) in [5.74, 6) is 0. The first-order chi connectivity index (χ1) is 6.55. The average Bonchev–Trinajstić information content (AvgIpc) is 2.06. The second kappa shape index (κ2) is 3.79. The van der Waals surface area contributed by atoms with E-state index < -0.39 is 5.60 Å². The van der Waals surface area contributed by atoms with E-state index in [4.69, 9.17) is 0 Å². The Hall–Kier alpha value is -0.130.